The standard InChI is InChI=1S/C14H21NO/c1-11-10-15(14(2,3)4)13(16-11)12-8-6-5-7-9-12/h5-9,11,13H,10H2,1-4H3/t11-,13-/m1/s1. The molecule has 0 unspecified atom stereocenters. The molecule has 2 nitrogen and oxygen atoms in total. The largest absolute Gasteiger partial charge is 0.355 e. The third-order valence-electron chi connectivity index (χ3n) is 3.04. The SMILES string of the molecule is C[C@@H]1CN(C(C)(C)C)[C@@H](c2ccccc2)O1. The summed E-state index contributed by atoms with van der Waals surface area (Å²) < 4.78 is 6.01. The summed E-state index contributed by atoms with van der Waals surface area (Å²) in [7, 11) is 0. The molecule has 88 valence electrons. The molecule has 16 heavy (non-hydrogen) atoms. The molecule has 1 fully saturated rings. The van der Waals surface area contributed by atoms with Crippen LogP contribution in [0.3, 0.4) is 0 Å². The Labute approximate surface area is 98.2 Å². The van der Waals surface area contributed by atoms with Crippen LogP contribution in [0.15, 0.2) is 30.3 Å². The molecule has 0 N–H and O–H groups in total. The normalized spacial score (nSPS) is 27.2. The van der Waals surface area contributed by atoms with E-state index in [1.54, 1.807) is 0 Å². The molecule has 2 rings (SSSR count). The summed E-state index contributed by atoms with van der Waals surface area (Å²) in [5, 5.41) is 0. The van der Waals surface area contributed by atoms with Gasteiger partial charge >= 0.3 is 0 Å². The Morgan fingerprint density at radius 3 is 2.38 bits per heavy atom. The van der Waals surface area contributed by atoms with Gasteiger partial charge in [-0.25, -0.2) is 0 Å². The first-order valence-electron chi connectivity index (χ1n) is 5.95. The van der Waals surface area contributed by atoms with Gasteiger partial charge in [-0.3, -0.25) is 4.90 Å². The van der Waals surface area contributed by atoms with Crippen LogP contribution < -0.4 is 0 Å². The third kappa shape index (κ3) is 2.28. The summed E-state index contributed by atoms with van der Waals surface area (Å²) in [5.41, 5.74) is 1.40. The highest BCUT2D eigenvalue weighted by atomic mass is 16.5. The van der Waals surface area contributed by atoms with Crippen LogP contribution in [0.1, 0.15) is 39.5 Å². The van der Waals surface area contributed by atoms with Gasteiger partial charge in [0.15, 0.2) is 0 Å². The van der Waals surface area contributed by atoms with Gasteiger partial charge in [0.2, 0.25) is 0 Å². The van der Waals surface area contributed by atoms with Gasteiger partial charge in [0.05, 0.1) is 6.10 Å². The Bertz CT molecular complexity index is 342. The molecular weight excluding hydrogens is 198 g/mol. The second-order valence-electron chi connectivity index (χ2n) is 5.53. The molecule has 0 saturated carbocycles. The highest BCUT2D eigenvalue weighted by Crippen LogP contribution is 2.35. The lowest BCUT2D eigenvalue weighted by Gasteiger charge is -2.35. The average Bonchev–Trinajstić information content (AvgIpc) is 2.61. The minimum absolute atomic E-state index is 0.108. The zero-order valence-electron chi connectivity index (χ0n) is 10.6. The van der Waals surface area contributed by atoms with E-state index in [-0.39, 0.29) is 11.8 Å². The Kier molecular flexibility index (Phi) is 3.04. The summed E-state index contributed by atoms with van der Waals surface area (Å²) >= 11 is 0. The van der Waals surface area contributed by atoms with E-state index in [0.717, 1.165) is 6.54 Å². The van der Waals surface area contributed by atoms with Crippen LogP contribution >= 0.6 is 0 Å². The van der Waals surface area contributed by atoms with E-state index in [2.05, 4.69) is 56.9 Å². The molecule has 0 spiro atoms. The molecule has 2 heteroatoms. The molecule has 0 radical (unpaired) electrons. The number of ether oxygens (including phenoxy) is 1. The van der Waals surface area contributed by atoms with Crippen molar-refractivity contribution in [2.24, 2.45) is 0 Å². The lowest BCUT2D eigenvalue weighted by molar-refractivity contribution is -0.0275. The fourth-order valence-corrected chi connectivity index (χ4v) is 2.21. The molecule has 0 aliphatic carbocycles. The predicted molar refractivity (Wildman–Crippen MR) is 66.2 cm³/mol. The Morgan fingerprint density at radius 2 is 1.81 bits per heavy atom. The number of benzene rings is 1. The van der Waals surface area contributed by atoms with Gasteiger partial charge in [0, 0.05) is 12.1 Å². The fraction of sp³-hybridized carbons (Fsp3) is 0.571. The molecule has 2 atom stereocenters. The summed E-state index contributed by atoms with van der Waals surface area (Å²) in [4.78, 5) is 2.42. The smallest absolute Gasteiger partial charge is 0.137 e. The van der Waals surface area contributed by atoms with Crippen LogP contribution in [0, 0.1) is 0 Å². The van der Waals surface area contributed by atoms with Crippen molar-refractivity contribution < 1.29 is 4.74 Å². The first-order valence-corrected chi connectivity index (χ1v) is 5.95. The van der Waals surface area contributed by atoms with Crippen LogP contribution in [0.4, 0.5) is 0 Å². The van der Waals surface area contributed by atoms with E-state index in [1.807, 2.05) is 6.07 Å². The van der Waals surface area contributed by atoms with E-state index in [0.29, 0.717) is 6.10 Å². The summed E-state index contributed by atoms with van der Waals surface area (Å²) in [6, 6.07) is 10.5. The van der Waals surface area contributed by atoms with Crippen molar-refractivity contribution in [1.29, 1.82) is 0 Å². The van der Waals surface area contributed by atoms with Crippen molar-refractivity contribution in [3.8, 4) is 0 Å². The topological polar surface area (TPSA) is 12.5 Å². The quantitative estimate of drug-likeness (QED) is 0.719. The summed E-state index contributed by atoms with van der Waals surface area (Å²) in [6.45, 7) is 9.86. The zero-order valence-corrected chi connectivity index (χ0v) is 10.6. The molecule has 1 aromatic carbocycles. The van der Waals surface area contributed by atoms with Gasteiger partial charge < -0.3 is 4.74 Å². The molecule has 1 heterocycles. The third-order valence-corrected chi connectivity index (χ3v) is 3.04. The Balaban J connectivity index is 2.26. The molecular formula is C14H21NO. The summed E-state index contributed by atoms with van der Waals surface area (Å²) in [6.07, 6.45) is 0.417. The highest BCUT2D eigenvalue weighted by Gasteiger charge is 2.37. The van der Waals surface area contributed by atoms with Crippen LogP contribution in [0.2, 0.25) is 0 Å². The first-order chi connectivity index (χ1) is 7.48. The van der Waals surface area contributed by atoms with E-state index < -0.39 is 0 Å². The average molecular weight is 219 g/mol. The van der Waals surface area contributed by atoms with Crippen molar-refractivity contribution in [1.82, 2.24) is 4.90 Å². The lowest BCUT2D eigenvalue weighted by atomic mass is 10.0. The van der Waals surface area contributed by atoms with E-state index >= 15 is 0 Å². The van der Waals surface area contributed by atoms with Gasteiger partial charge in [-0.2, -0.15) is 0 Å². The molecule has 0 aromatic heterocycles. The van der Waals surface area contributed by atoms with Crippen LogP contribution in [-0.2, 0) is 4.74 Å². The number of rotatable bonds is 1. The fourth-order valence-electron chi connectivity index (χ4n) is 2.21. The van der Waals surface area contributed by atoms with Crippen LogP contribution in [0.5, 0.6) is 0 Å². The van der Waals surface area contributed by atoms with Crippen molar-refractivity contribution in [2.75, 3.05) is 6.54 Å². The minimum atomic E-state index is 0.108. The monoisotopic (exact) mass is 219 g/mol. The second kappa shape index (κ2) is 4.19. The van der Waals surface area contributed by atoms with Gasteiger partial charge in [-0.15, -0.1) is 0 Å². The van der Waals surface area contributed by atoms with Gasteiger partial charge in [-0.05, 0) is 33.3 Å². The first kappa shape index (κ1) is 11.6. The van der Waals surface area contributed by atoms with Crippen molar-refractivity contribution in [3.05, 3.63) is 35.9 Å². The van der Waals surface area contributed by atoms with Gasteiger partial charge in [0.25, 0.3) is 0 Å². The Morgan fingerprint density at radius 1 is 1.19 bits per heavy atom. The van der Waals surface area contributed by atoms with Crippen molar-refractivity contribution >= 4 is 0 Å². The van der Waals surface area contributed by atoms with Gasteiger partial charge in [-0.1, -0.05) is 30.3 Å². The van der Waals surface area contributed by atoms with E-state index in [9.17, 15) is 0 Å². The molecule has 1 aromatic rings. The number of hydrogen-bond donors (Lipinski definition) is 0. The maximum absolute atomic E-state index is 6.01. The Hall–Kier alpha value is -0.860. The van der Waals surface area contributed by atoms with Crippen molar-refractivity contribution in [3.63, 3.8) is 0 Å². The maximum Gasteiger partial charge on any atom is 0.137 e. The van der Waals surface area contributed by atoms with Crippen molar-refractivity contribution in [2.45, 2.75) is 45.6 Å². The number of nitrogens with zero attached hydrogens (tertiary/aromatic N) is 1. The second-order valence-corrected chi connectivity index (χ2v) is 5.53. The molecule has 0 bridgehead atoms. The maximum atomic E-state index is 6.01. The zero-order chi connectivity index (χ0) is 11.8. The molecule has 1 saturated heterocycles. The minimum Gasteiger partial charge on any atom is -0.355 e. The van der Waals surface area contributed by atoms with Crippen LogP contribution in [0.25, 0.3) is 0 Å². The highest BCUT2D eigenvalue weighted by molar-refractivity contribution is 5.18. The lowest BCUT2D eigenvalue weighted by Crippen LogP contribution is -2.41. The van der Waals surface area contributed by atoms with E-state index in [4.69, 9.17) is 4.74 Å². The molecule has 1 aliphatic rings. The predicted octanol–water partition coefficient (Wildman–Crippen LogP) is 3.20. The number of hydrogen-bond acceptors (Lipinski definition) is 2. The van der Waals surface area contributed by atoms with Gasteiger partial charge in [0.1, 0.15) is 6.23 Å². The summed E-state index contributed by atoms with van der Waals surface area (Å²) in [5.74, 6) is 0. The van der Waals surface area contributed by atoms with Crippen LogP contribution in [-0.4, -0.2) is 23.1 Å². The van der Waals surface area contributed by atoms with E-state index in [1.165, 1.54) is 5.56 Å². The molecule has 1 aliphatic heterocycles. The molecule has 0 amide bonds.